The van der Waals surface area contributed by atoms with Gasteiger partial charge in [-0.3, -0.25) is 0 Å². The van der Waals surface area contributed by atoms with E-state index >= 15 is 0 Å². The third kappa shape index (κ3) is 25.6. The summed E-state index contributed by atoms with van der Waals surface area (Å²) < 4.78 is 12.8. The highest BCUT2D eigenvalue weighted by molar-refractivity contribution is 5.80. The molecule has 0 amide bonds. The van der Waals surface area contributed by atoms with Crippen molar-refractivity contribution in [3.05, 3.63) is 65.7 Å². The Bertz CT molecular complexity index is 1130. The van der Waals surface area contributed by atoms with E-state index in [1.807, 2.05) is 6.08 Å². The number of benzene rings is 2. The van der Waals surface area contributed by atoms with Crippen molar-refractivity contribution in [3.63, 3.8) is 0 Å². The maximum Gasteiger partial charge on any atom is 0.127 e. The first-order valence-corrected chi connectivity index (χ1v) is 23.6. The van der Waals surface area contributed by atoms with Crippen LogP contribution in [0.25, 0.3) is 18.2 Å². The van der Waals surface area contributed by atoms with Gasteiger partial charge in [0.25, 0.3) is 0 Å². The van der Waals surface area contributed by atoms with Gasteiger partial charge in [0, 0.05) is 11.1 Å². The molecule has 2 aromatic rings. The summed E-state index contributed by atoms with van der Waals surface area (Å²) in [6.45, 7) is 10.3. The second kappa shape index (κ2) is 36.2. The van der Waals surface area contributed by atoms with Gasteiger partial charge in [0.15, 0.2) is 0 Å². The van der Waals surface area contributed by atoms with E-state index in [4.69, 9.17) is 9.47 Å². The molecular formula is C52H86O2. The van der Waals surface area contributed by atoms with E-state index in [2.05, 4.69) is 75.0 Å². The molecule has 0 aliphatic rings. The third-order valence-electron chi connectivity index (χ3n) is 11.2. The molecule has 0 fully saturated rings. The van der Waals surface area contributed by atoms with Gasteiger partial charge in [-0.2, -0.15) is 0 Å². The second-order valence-electron chi connectivity index (χ2n) is 16.1. The third-order valence-corrected chi connectivity index (χ3v) is 11.2. The van der Waals surface area contributed by atoms with Gasteiger partial charge < -0.3 is 9.47 Å². The van der Waals surface area contributed by atoms with Gasteiger partial charge in [0.2, 0.25) is 0 Å². The van der Waals surface area contributed by atoms with Gasteiger partial charge in [0.1, 0.15) is 11.5 Å². The van der Waals surface area contributed by atoms with Crippen molar-refractivity contribution >= 4 is 18.2 Å². The summed E-state index contributed by atoms with van der Waals surface area (Å²) in [5.41, 5.74) is 3.27. The van der Waals surface area contributed by atoms with Crippen LogP contribution in [0, 0.1) is 0 Å². The van der Waals surface area contributed by atoms with E-state index < -0.39 is 0 Å². The molecule has 0 radical (unpaired) electrons. The fraction of sp³-hybridized carbons (Fsp3) is 0.692. The Balaban J connectivity index is 1.64. The zero-order valence-corrected chi connectivity index (χ0v) is 35.8. The highest BCUT2D eigenvalue weighted by Gasteiger charge is 2.12. The highest BCUT2D eigenvalue weighted by Crippen LogP contribution is 2.34. The average molecular weight is 743 g/mol. The van der Waals surface area contributed by atoms with E-state index in [1.165, 1.54) is 198 Å². The normalized spacial score (nSPS) is 11.4. The predicted octanol–water partition coefficient (Wildman–Crippen LogP) is 17.8. The fourth-order valence-corrected chi connectivity index (χ4v) is 7.64. The maximum atomic E-state index is 6.43. The Morgan fingerprint density at radius 1 is 0.370 bits per heavy atom. The standard InChI is InChI=1S/C52H86O2/c1-4-7-9-11-13-15-17-19-21-23-25-27-29-31-33-38-46-53-51-44-45-52(50(49(51)6-3)43-42-48-40-36-35-37-41-48)54-47-39-34-32-30-28-26-24-22-20-18-16-14-12-10-8-5-2/h6,35-37,40-45H,3-5,7-34,38-39,46-47H2,1-2H3. The fourth-order valence-electron chi connectivity index (χ4n) is 7.64. The van der Waals surface area contributed by atoms with Crippen molar-refractivity contribution in [2.75, 3.05) is 13.2 Å². The Hall–Kier alpha value is -2.48. The van der Waals surface area contributed by atoms with Crippen molar-refractivity contribution in [1.29, 1.82) is 0 Å². The Morgan fingerprint density at radius 2 is 0.685 bits per heavy atom. The number of hydrogen-bond donors (Lipinski definition) is 0. The predicted molar refractivity (Wildman–Crippen MR) is 242 cm³/mol. The van der Waals surface area contributed by atoms with Gasteiger partial charge in [-0.1, -0.05) is 256 Å². The summed E-state index contributed by atoms with van der Waals surface area (Å²) >= 11 is 0. The number of ether oxygens (including phenoxy) is 2. The van der Waals surface area contributed by atoms with Gasteiger partial charge in [-0.25, -0.2) is 0 Å². The topological polar surface area (TPSA) is 18.5 Å². The summed E-state index contributed by atoms with van der Waals surface area (Å²) in [4.78, 5) is 0. The lowest BCUT2D eigenvalue weighted by Crippen LogP contribution is -2.03. The first-order chi connectivity index (χ1) is 26.8. The molecule has 54 heavy (non-hydrogen) atoms. The highest BCUT2D eigenvalue weighted by atomic mass is 16.5. The van der Waals surface area contributed by atoms with Crippen LogP contribution in [0.4, 0.5) is 0 Å². The molecular weight excluding hydrogens is 657 g/mol. The van der Waals surface area contributed by atoms with Crippen LogP contribution in [0.1, 0.15) is 236 Å². The van der Waals surface area contributed by atoms with E-state index in [0.29, 0.717) is 0 Å². The van der Waals surface area contributed by atoms with Crippen LogP contribution in [-0.4, -0.2) is 13.2 Å². The summed E-state index contributed by atoms with van der Waals surface area (Å²) in [6.07, 6.45) is 50.4. The van der Waals surface area contributed by atoms with Crippen LogP contribution in [0.15, 0.2) is 49.0 Å². The minimum atomic E-state index is 0.751. The van der Waals surface area contributed by atoms with Gasteiger partial charge in [0.05, 0.1) is 13.2 Å². The molecule has 0 heterocycles. The van der Waals surface area contributed by atoms with E-state index in [9.17, 15) is 0 Å². The van der Waals surface area contributed by atoms with E-state index in [-0.39, 0.29) is 0 Å². The second-order valence-corrected chi connectivity index (χ2v) is 16.1. The van der Waals surface area contributed by atoms with Crippen molar-refractivity contribution < 1.29 is 9.47 Å². The van der Waals surface area contributed by atoms with Crippen LogP contribution in [-0.2, 0) is 0 Å². The first kappa shape index (κ1) is 47.7. The smallest absolute Gasteiger partial charge is 0.127 e. The van der Waals surface area contributed by atoms with Gasteiger partial charge in [-0.05, 0) is 36.6 Å². The molecule has 0 N–H and O–H groups in total. The monoisotopic (exact) mass is 743 g/mol. The molecule has 2 heteroatoms. The molecule has 0 saturated heterocycles. The zero-order chi connectivity index (χ0) is 38.4. The lowest BCUT2D eigenvalue weighted by Gasteiger charge is -2.16. The molecule has 2 rings (SSSR count). The van der Waals surface area contributed by atoms with Crippen molar-refractivity contribution in [3.8, 4) is 11.5 Å². The van der Waals surface area contributed by atoms with Crippen molar-refractivity contribution in [1.82, 2.24) is 0 Å². The van der Waals surface area contributed by atoms with Crippen LogP contribution in [0.5, 0.6) is 11.5 Å². The SMILES string of the molecule is C=Cc1c(OCCCCCCCCCCCCCCCCCC)ccc(OCCCCCCCCCCCCCCCCCC)c1C=Cc1ccccc1. The molecule has 0 atom stereocenters. The minimum Gasteiger partial charge on any atom is -0.493 e. The molecule has 2 nitrogen and oxygen atoms in total. The largest absolute Gasteiger partial charge is 0.493 e. The summed E-state index contributed by atoms with van der Waals surface area (Å²) in [5, 5.41) is 0. The average Bonchev–Trinajstić information content (AvgIpc) is 3.20. The maximum absolute atomic E-state index is 6.43. The Kier molecular flexibility index (Phi) is 31.9. The van der Waals surface area contributed by atoms with E-state index in [0.717, 1.165) is 48.7 Å². The number of hydrogen-bond acceptors (Lipinski definition) is 2. The molecule has 0 aliphatic carbocycles. The first-order valence-electron chi connectivity index (χ1n) is 23.6. The minimum absolute atomic E-state index is 0.751. The Labute approximate surface area is 336 Å². The molecule has 2 aromatic carbocycles. The summed E-state index contributed by atoms with van der Waals surface area (Å²) in [7, 11) is 0. The molecule has 0 spiro atoms. The quantitative estimate of drug-likeness (QED) is 0.0502. The zero-order valence-electron chi connectivity index (χ0n) is 35.8. The molecule has 0 unspecified atom stereocenters. The van der Waals surface area contributed by atoms with Crippen molar-refractivity contribution in [2.45, 2.75) is 219 Å². The van der Waals surface area contributed by atoms with Crippen molar-refractivity contribution in [2.24, 2.45) is 0 Å². The van der Waals surface area contributed by atoms with E-state index in [1.54, 1.807) is 0 Å². The lowest BCUT2D eigenvalue weighted by atomic mass is 10.0. The van der Waals surface area contributed by atoms with Crippen LogP contribution in [0.3, 0.4) is 0 Å². The van der Waals surface area contributed by atoms with Crippen LogP contribution >= 0.6 is 0 Å². The summed E-state index contributed by atoms with van der Waals surface area (Å²) in [5.74, 6) is 1.83. The number of rotatable bonds is 39. The van der Waals surface area contributed by atoms with Gasteiger partial charge in [-0.15, -0.1) is 0 Å². The number of unbranched alkanes of at least 4 members (excludes halogenated alkanes) is 30. The molecule has 0 bridgehead atoms. The van der Waals surface area contributed by atoms with Crippen LogP contribution in [0.2, 0.25) is 0 Å². The molecule has 0 aromatic heterocycles. The molecule has 0 aliphatic heterocycles. The van der Waals surface area contributed by atoms with Crippen LogP contribution < -0.4 is 9.47 Å². The molecule has 306 valence electrons. The lowest BCUT2D eigenvalue weighted by molar-refractivity contribution is 0.295. The van der Waals surface area contributed by atoms with Gasteiger partial charge >= 0.3 is 0 Å². The summed E-state index contributed by atoms with van der Waals surface area (Å²) in [6, 6.07) is 14.7. The molecule has 0 saturated carbocycles. The Morgan fingerprint density at radius 3 is 1.02 bits per heavy atom.